The monoisotopic (exact) mass is 493 g/mol. The zero-order chi connectivity index (χ0) is 23.9. The van der Waals surface area contributed by atoms with Gasteiger partial charge in [0.2, 0.25) is 9.84 Å². The zero-order valence-electron chi connectivity index (χ0n) is 17.9. The predicted molar refractivity (Wildman–Crippen MR) is 131 cm³/mol. The Kier molecular flexibility index (Phi) is 5.42. The summed E-state index contributed by atoms with van der Waals surface area (Å²) in [6.45, 7) is 2.20. The molecule has 0 unspecified atom stereocenters. The molecule has 0 aliphatic carbocycles. The first-order valence-electron chi connectivity index (χ1n) is 10.3. The van der Waals surface area contributed by atoms with Gasteiger partial charge in [0.25, 0.3) is 0 Å². The number of ether oxygens (including phenoxy) is 1. The molecule has 3 heterocycles. The lowest BCUT2D eigenvalue weighted by Gasteiger charge is -2.06. The molecule has 3 aromatic heterocycles. The van der Waals surface area contributed by atoms with Crippen molar-refractivity contribution in [3.05, 3.63) is 65.5 Å². The number of sulfone groups is 1. The minimum absolute atomic E-state index is 0.00610. The van der Waals surface area contributed by atoms with Crippen molar-refractivity contribution in [2.75, 3.05) is 12.3 Å². The molecule has 172 valence electrons. The Hall–Kier alpha value is -3.96. The van der Waals surface area contributed by atoms with E-state index in [0.717, 1.165) is 11.3 Å². The fourth-order valence-electron chi connectivity index (χ4n) is 3.53. The van der Waals surface area contributed by atoms with Gasteiger partial charge in [0.1, 0.15) is 20.4 Å². The van der Waals surface area contributed by atoms with Crippen LogP contribution in [-0.4, -0.2) is 41.0 Å². The van der Waals surface area contributed by atoms with Crippen molar-refractivity contribution in [3.8, 4) is 11.5 Å². The molecule has 0 atom stereocenters. The maximum absolute atomic E-state index is 13.5. The molecule has 11 heteroatoms. The molecule has 5 aromatic rings. The number of nitrogens with two attached hydrogens (primary N) is 1. The number of nitrogens with zero attached hydrogens (tertiary/aromatic N) is 4. The number of phenols is 1. The smallest absolute Gasteiger partial charge is 0.221 e. The second-order valence-corrected chi connectivity index (χ2v) is 10.3. The molecule has 0 saturated heterocycles. The number of nitrogen functional groups attached to an aromatic ring is 1. The van der Waals surface area contributed by atoms with Crippen LogP contribution in [0.5, 0.6) is 11.5 Å². The Morgan fingerprint density at radius 3 is 2.62 bits per heavy atom. The normalized spacial score (nSPS) is 12.1. The third-order valence-corrected chi connectivity index (χ3v) is 8.28. The number of aromatic nitrogens is 3. The van der Waals surface area contributed by atoms with Crippen LogP contribution in [0.15, 0.2) is 74.2 Å². The topological polar surface area (TPSA) is 133 Å². The molecule has 0 fully saturated rings. The summed E-state index contributed by atoms with van der Waals surface area (Å²) in [6.07, 6.45) is 1.48. The van der Waals surface area contributed by atoms with Crippen LogP contribution >= 0.6 is 11.3 Å². The van der Waals surface area contributed by atoms with Crippen LogP contribution in [0.4, 0.5) is 5.82 Å². The summed E-state index contributed by atoms with van der Waals surface area (Å²) >= 11 is 1.10. The van der Waals surface area contributed by atoms with Crippen LogP contribution in [-0.2, 0) is 9.84 Å². The number of fused-ring (bicyclic) bond motifs is 2. The molecule has 9 nitrogen and oxygen atoms in total. The molecule has 0 bridgehead atoms. The van der Waals surface area contributed by atoms with Crippen molar-refractivity contribution in [3.63, 3.8) is 0 Å². The van der Waals surface area contributed by atoms with Crippen molar-refractivity contribution < 1.29 is 18.3 Å². The Morgan fingerprint density at radius 2 is 1.91 bits per heavy atom. The molecular weight excluding hydrogens is 474 g/mol. The van der Waals surface area contributed by atoms with E-state index in [0.29, 0.717) is 29.0 Å². The van der Waals surface area contributed by atoms with Crippen molar-refractivity contribution >= 4 is 55.4 Å². The van der Waals surface area contributed by atoms with Gasteiger partial charge in [-0.2, -0.15) is 9.78 Å². The fourth-order valence-corrected chi connectivity index (χ4v) is 6.11. The summed E-state index contributed by atoms with van der Waals surface area (Å²) in [7, 11) is -3.96. The first kappa shape index (κ1) is 21.9. The number of anilines is 1. The Bertz CT molecular complexity index is 1660. The summed E-state index contributed by atoms with van der Waals surface area (Å²) in [6, 6.07) is 15.1. The highest BCUT2D eigenvalue weighted by atomic mass is 32.2. The van der Waals surface area contributed by atoms with Gasteiger partial charge in [0, 0.05) is 0 Å². The van der Waals surface area contributed by atoms with Gasteiger partial charge in [-0.15, -0.1) is 11.3 Å². The van der Waals surface area contributed by atoms with Gasteiger partial charge in [0.15, 0.2) is 17.1 Å². The van der Waals surface area contributed by atoms with E-state index in [1.807, 2.05) is 13.0 Å². The molecule has 0 amide bonds. The van der Waals surface area contributed by atoms with E-state index in [-0.39, 0.29) is 31.8 Å². The van der Waals surface area contributed by atoms with Crippen LogP contribution in [0.2, 0.25) is 0 Å². The highest BCUT2D eigenvalue weighted by Crippen LogP contribution is 2.36. The standard InChI is InChI=1S/C23H19N5O4S2/c1-2-32-18-12-14(9-10-17(18)29)13-25-28-22(24)21(34(30,31)19-8-5-11-33-19)20-23(28)27-16-7-4-3-6-15(16)26-20/h3-13,29H,2,24H2,1H3/b25-13+. The van der Waals surface area contributed by atoms with Gasteiger partial charge >= 0.3 is 0 Å². The molecule has 0 spiro atoms. The lowest BCUT2D eigenvalue weighted by atomic mass is 10.2. The van der Waals surface area contributed by atoms with Crippen LogP contribution in [0, 0.1) is 0 Å². The highest BCUT2D eigenvalue weighted by Gasteiger charge is 2.31. The third-order valence-electron chi connectivity index (χ3n) is 5.06. The molecule has 0 aliphatic heterocycles. The zero-order valence-corrected chi connectivity index (χ0v) is 19.5. The Labute approximate surface area is 198 Å². The van der Waals surface area contributed by atoms with E-state index in [4.69, 9.17) is 10.5 Å². The summed E-state index contributed by atoms with van der Waals surface area (Å²) < 4.78 is 33.8. The second kappa shape index (κ2) is 8.43. The van der Waals surface area contributed by atoms with Crippen molar-refractivity contribution in [1.82, 2.24) is 14.6 Å². The number of hydrogen-bond acceptors (Lipinski definition) is 9. The lowest BCUT2D eigenvalue weighted by molar-refractivity contribution is 0.318. The summed E-state index contributed by atoms with van der Waals surface area (Å²) in [5.41, 5.74) is 8.45. The Balaban J connectivity index is 1.74. The first-order chi connectivity index (χ1) is 16.4. The minimum atomic E-state index is -3.96. The number of aromatic hydroxyl groups is 1. The second-order valence-electron chi connectivity index (χ2n) is 7.25. The number of benzene rings is 2. The van der Waals surface area contributed by atoms with Gasteiger partial charge in [-0.3, -0.25) is 0 Å². The SMILES string of the molecule is CCOc1cc(/C=N/n2c(N)c(S(=O)(=O)c3cccs3)c3nc4ccccc4nc32)ccc1O. The lowest BCUT2D eigenvalue weighted by Crippen LogP contribution is -2.05. The predicted octanol–water partition coefficient (Wildman–Crippen LogP) is 4.05. The molecule has 5 rings (SSSR count). The van der Waals surface area contributed by atoms with E-state index in [1.165, 1.54) is 23.0 Å². The summed E-state index contributed by atoms with van der Waals surface area (Å²) in [5, 5.41) is 16.0. The first-order valence-corrected chi connectivity index (χ1v) is 12.6. The van der Waals surface area contributed by atoms with E-state index in [2.05, 4.69) is 15.1 Å². The molecule has 2 aromatic carbocycles. The summed E-state index contributed by atoms with van der Waals surface area (Å²) in [5.74, 6) is 0.217. The largest absolute Gasteiger partial charge is 0.504 e. The number of hydrogen-bond donors (Lipinski definition) is 2. The van der Waals surface area contributed by atoms with Crippen LogP contribution in [0.3, 0.4) is 0 Å². The maximum atomic E-state index is 13.5. The van der Waals surface area contributed by atoms with Gasteiger partial charge in [-0.05, 0) is 54.3 Å². The van der Waals surface area contributed by atoms with Crippen LogP contribution in [0.1, 0.15) is 12.5 Å². The van der Waals surface area contributed by atoms with Crippen molar-refractivity contribution in [2.24, 2.45) is 5.10 Å². The highest BCUT2D eigenvalue weighted by molar-refractivity contribution is 7.93. The quantitative estimate of drug-likeness (QED) is 0.341. The molecule has 34 heavy (non-hydrogen) atoms. The van der Waals surface area contributed by atoms with Gasteiger partial charge < -0.3 is 15.6 Å². The van der Waals surface area contributed by atoms with Crippen molar-refractivity contribution in [1.29, 1.82) is 0 Å². The van der Waals surface area contributed by atoms with Gasteiger partial charge in [0.05, 0.1) is 23.9 Å². The van der Waals surface area contributed by atoms with Gasteiger partial charge in [-0.1, -0.05) is 18.2 Å². The minimum Gasteiger partial charge on any atom is -0.504 e. The van der Waals surface area contributed by atoms with E-state index in [1.54, 1.807) is 41.8 Å². The molecule has 0 aliphatic rings. The fraction of sp³-hybridized carbons (Fsp3) is 0.0870. The average Bonchev–Trinajstić information content (AvgIpc) is 3.45. The average molecular weight is 494 g/mol. The molecule has 3 N–H and O–H groups in total. The number of thiophene rings is 1. The molecule has 0 radical (unpaired) electrons. The van der Waals surface area contributed by atoms with Crippen molar-refractivity contribution in [2.45, 2.75) is 16.0 Å². The van der Waals surface area contributed by atoms with Crippen LogP contribution < -0.4 is 10.5 Å². The maximum Gasteiger partial charge on any atom is 0.221 e. The van der Waals surface area contributed by atoms with E-state index < -0.39 is 9.84 Å². The van der Waals surface area contributed by atoms with E-state index in [9.17, 15) is 13.5 Å². The van der Waals surface area contributed by atoms with Gasteiger partial charge in [-0.25, -0.2) is 18.4 Å². The summed E-state index contributed by atoms with van der Waals surface area (Å²) in [4.78, 5) is 9.05. The number of phenolic OH excluding ortho intramolecular Hbond substituents is 1. The molecule has 0 saturated carbocycles. The van der Waals surface area contributed by atoms with Crippen LogP contribution in [0.25, 0.3) is 22.2 Å². The Morgan fingerprint density at radius 1 is 1.15 bits per heavy atom. The van der Waals surface area contributed by atoms with E-state index >= 15 is 0 Å². The number of rotatable bonds is 6. The number of para-hydroxylation sites is 2. The third kappa shape index (κ3) is 3.64. The molecular formula is C23H19N5O4S2.